The van der Waals surface area contributed by atoms with E-state index >= 15 is 0 Å². The monoisotopic (exact) mass is 334 g/mol. The summed E-state index contributed by atoms with van der Waals surface area (Å²) in [6, 6.07) is 5.91. The number of nitrogens with one attached hydrogen (secondary N) is 1. The Labute approximate surface area is 122 Å². The van der Waals surface area contributed by atoms with E-state index in [1.807, 2.05) is 25.1 Å². The fourth-order valence-corrected chi connectivity index (χ4v) is 3.56. The van der Waals surface area contributed by atoms with Gasteiger partial charge >= 0.3 is 0 Å². The average Bonchev–Trinajstić information content (AvgIpc) is 2.96. The molecule has 0 bridgehead atoms. The highest BCUT2D eigenvalue weighted by atomic mass is 79.9. The van der Waals surface area contributed by atoms with E-state index in [1.54, 1.807) is 11.7 Å². The summed E-state index contributed by atoms with van der Waals surface area (Å²) in [5.41, 5.74) is 3.60. The number of H-pyrrole nitrogens is 1. The van der Waals surface area contributed by atoms with Crippen molar-refractivity contribution in [2.24, 2.45) is 0 Å². The van der Waals surface area contributed by atoms with Gasteiger partial charge in [-0.3, -0.25) is 9.78 Å². The van der Waals surface area contributed by atoms with E-state index in [9.17, 15) is 4.79 Å². The fraction of sp³-hybridized carbons (Fsp3) is 0.143. The number of aromatic amines is 1. The van der Waals surface area contributed by atoms with Crippen LogP contribution in [0.4, 0.5) is 0 Å². The molecule has 0 unspecified atom stereocenters. The Bertz CT molecular complexity index is 793. The van der Waals surface area contributed by atoms with E-state index in [0.717, 1.165) is 37.8 Å². The number of fused-ring (bicyclic) bond motifs is 1. The van der Waals surface area contributed by atoms with Crippen molar-refractivity contribution in [2.45, 2.75) is 13.3 Å². The van der Waals surface area contributed by atoms with Crippen LogP contribution in [0, 0.1) is 0 Å². The SMILES string of the molecule is CCc1[nH]c(=O)c2c(-c3cncs3)cccc2c1Br. The van der Waals surface area contributed by atoms with E-state index < -0.39 is 0 Å². The van der Waals surface area contributed by atoms with Crippen LogP contribution in [0.2, 0.25) is 0 Å². The van der Waals surface area contributed by atoms with Crippen molar-refractivity contribution in [3.8, 4) is 10.4 Å². The van der Waals surface area contributed by atoms with E-state index in [4.69, 9.17) is 0 Å². The van der Waals surface area contributed by atoms with Gasteiger partial charge < -0.3 is 4.98 Å². The molecule has 3 nitrogen and oxygen atoms in total. The van der Waals surface area contributed by atoms with Crippen molar-refractivity contribution in [3.05, 3.63) is 50.4 Å². The predicted molar refractivity (Wildman–Crippen MR) is 82.8 cm³/mol. The van der Waals surface area contributed by atoms with Crippen LogP contribution in [0.25, 0.3) is 21.2 Å². The van der Waals surface area contributed by atoms with E-state index in [2.05, 4.69) is 25.9 Å². The quantitative estimate of drug-likeness (QED) is 0.770. The Morgan fingerprint density at radius 2 is 2.26 bits per heavy atom. The maximum atomic E-state index is 12.3. The molecule has 5 heteroatoms. The maximum absolute atomic E-state index is 12.3. The van der Waals surface area contributed by atoms with Gasteiger partial charge in [-0.05, 0) is 22.4 Å². The zero-order chi connectivity index (χ0) is 13.4. The highest BCUT2D eigenvalue weighted by Crippen LogP contribution is 2.32. The number of hydrogen-bond acceptors (Lipinski definition) is 3. The third kappa shape index (κ3) is 2.03. The van der Waals surface area contributed by atoms with Crippen molar-refractivity contribution in [1.82, 2.24) is 9.97 Å². The number of thiazole rings is 1. The number of benzene rings is 1. The first-order valence-corrected chi connectivity index (χ1v) is 7.62. The number of rotatable bonds is 2. The Morgan fingerprint density at radius 3 is 2.95 bits per heavy atom. The minimum absolute atomic E-state index is 0.0425. The predicted octanol–water partition coefficient (Wildman–Crippen LogP) is 3.98. The normalized spacial score (nSPS) is 11.1. The van der Waals surface area contributed by atoms with Crippen LogP contribution >= 0.6 is 27.3 Å². The molecule has 0 saturated carbocycles. The molecule has 19 heavy (non-hydrogen) atoms. The topological polar surface area (TPSA) is 45.8 Å². The number of aromatic nitrogens is 2. The molecule has 3 rings (SSSR count). The lowest BCUT2D eigenvalue weighted by Crippen LogP contribution is -2.11. The van der Waals surface area contributed by atoms with Gasteiger partial charge in [0, 0.05) is 27.3 Å². The highest BCUT2D eigenvalue weighted by molar-refractivity contribution is 9.10. The Hall–Kier alpha value is -1.46. The second kappa shape index (κ2) is 4.90. The molecule has 3 aromatic rings. The van der Waals surface area contributed by atoms with Crippen LogP contribution in [0.3, 0.4) is 0 Å². The van der Waals surface area contributed by atoms with Crippen LogP contribution in [0.5, 0.6) is 0 Å². The largest absolute Gasteiger partial charge is 0.325 e. The minimum atomic E-state index is -0.0425. The van der Waals surface area contributed by atoms with Gasteiger partial charge in [-0.1, -0.05) is 25.1 Å². The number of aryl methyl sites for hydroxylation is 1. The third-order valence-corrected chi connectivity index (χ3v) is 4.82. The first kappa shape index (κ1) is 12.6. The molecule has 0 fully saturated rings. The Kier molecular flexibility index (Phi) is 3.24. The van der Waals surface area contributed by atoms with Gasteiger partial charge in [-0.25, -0.2) is 0 Å². The Morgan fingerprint density at radius 1 is 1.42 bits per heavy atom. The van der Waals surface area contributed by atoms with Gasteiger partial charge in [0.25, 0.3) is 5.56 Å². The zero-order valence-corrected chi connectivity index (χ0v) is 12.6. The molecule has 0 aliphatic rings. The summed E-state index contributed by atoms with van der Waals surface area (Å²) in [6.07, 6.45) is 2.58. The van der Waals surface area contributed by atoms with Crippen LogP contribution in [0.1, 0.15) is 12.6 Å². The maximum Gasteiger partial charge on any atom is 0.256 e. The molecule has 2 heterocycles. The smallest absolute Gasteiger partial charge is 0.256 e. The molecule has 96 valence electrons. The molecule has 0 radical (unpaired) electrons. The van der Waals surface area contributed by atoms with Crippen molar-refractivity contribution in [3.63, 3.8) is 0 Å². The van der Waals surface area contributed by atoms with E-state index in [-0.39, 0.29) is 5.56 Å². The third-order valence-electron chi connectivity index (χ3n) is 3.11. The summed E-state index contributed by atoms with van der Waals surface area (Å²) >= 11 is 5.13. The Balaban J connectivity index is 2.45. The minimum Gasteiger partial charge on any atom is -0.325 e. The summed E-state index contributed by atoms with van der Waals surface area (Å²) < 4.78 is 0.968. The molecule has 0 spiro atoms. The van der Waals surface area contributed by atoms with Crippen LogP contribution < -0.4 is 5.56 Å². The summed E-state index contributed by atoms with van der Waals surface area (Å²) in [5.74, 6) is 0. The summed E-state index contributed by atoms with van der Waals surface area (Å²) in [5, 5.41) is 1.67. The molecule has 0 amide bonds. The fourth-order valence-electron chi connectivity index (χ4n) is 2.19. The van der Waals surface area contributed by atoms with E-state index in [1.165, 1.54) is 11.3 Å². The summed E-state index contributed by atoms with van der Waals surface area (Å²) in [4.78, 5) is 20.4. The van der Waals surface area contributed by atoms with Crippen molar-refractivity contribution < 1.29 is 0 Å². The number of hydrogen-bond donors (Lipinski definition) is 1. The summed E-state index contributed by atoms with van der Waals surface area (Å²) in [7, 11) is 0. The lowest BCUT2D eigenvalue weighted by atomic mass is 10.0. The molecule has 1 N–H and O–H groups in total. The van der Waals surface area contributed by atoms with Crippen molar-refractivity contribution >= 4 is 38.0 Å². The van der Waals surface area contributed by atoms with Crippen LogP contribution in [-0.2, 0) is 6.42 Å². The zero-order valence-electron chi connectivity index (χ0n) is 10.2. The second-order valence-electron chi connectivity index (χ2n) is 4.19. The standard InChI is InChI=1S/C14H11BrN2OS/c1-2-10-13(15)9-5-3-4-8(11-6-16-7-19-11)12(9)14(18)17-10/h3-7H,2H2,1H3,(H,17,18). The van der Waals surface area contributed by atoms with Gasteiger partial charge in [-0.15, -0.1) is 11.3 Å². The van der Waals surface area contributed by atoms with Crippen molar-refractivity contribution in [1.29, 1.82) is 0 Å². The molecular weight excluding hydrogens is 324 g/mol. The molecule has 2 aromatic heterocycles. The first-order chi connectivity index (χ1) is 9.22. The molecule has 0 aliphatic carbocycles. The van der Waals surface area contributed by atoms with Gasteiger partial charge in [0.15, 0.2) is 0 Å². The van der Waals surface area contributed by atoms with Crippen LogP contribution in [0.15, 0.2) is 39.2 Å². The van der Waals surface area contributed by atoms with Gasteiger partial charge in [0.2, 0.25) is 0 Å². The molecule has 1 aromatic carbocycles. The van der Waals surface area contributed by atoms with Crippen molar-refractivity contribution in [2.75, 3.05) is 0 Å². The number of pyridine rings is 1. The molecule has 0 atom stereocenters. The van der Waals surface area contributed by atoms with Gasteiger partial charge in [0.1, 0.15) is 0 Å². The summed E-state index contributed by atoms with van der Waals surface area (Å²) in [6.45, 7) is 2.02. The first-order valence-electron chi connectivity index (χ1n) is 5.94. The highest BCUT2D eigenvalue weighted by Gasteiger charge is 2.13. The van der Waals surface area contributed by atoms with Gasteiger partial charge in [0.05, 0.1) is 15.8 Å². The lowest BCUT2D eigenvalue weighted by Gasteiger charge is -2.08. The lowest BCUT2D eigenvalue weighted by molar-refractivity contribution is 1.01. The number of halogens is 1. The average molecular weight is 335 g/mol. The molecule has 0 aliphatic heterocycles. The van der Waals surface area contributed by atoms with E-state index in [0.29, 0.717) is 0 Å². The molecular formula is C14H11BrN2OS. The molecule has 0 saturated heterocycles. The number of nitrogens with zero attached hydrogens (tertiary/aromatic N) is 1. The van der Waals surface area contributed by atoms with Gasteiger partial charge in [-0.2, -0.15) is 0 Å². The second-order valence-corrected chi connectivity index (χ2v) is 5.87. The van der Waals surface area contributed by atoms with Crippen LogP contribution in [-0.4, -0.2) is 9.97 Å².